The van der Waals surface area contributed by atoms with Crippen molar-refractivity contribution in [2.45, 2.75) is 11.1 Å². The summed E-state index contributed by atoms with van der Waals surface area (Å²) in [4.78, 5) is 11.2. The number of hydrogen-bond donors (Lipinski definition) is 2. The molecule has 0 aliphatic carbocycles. The second-order valence-electron chi connectivity index (χ2n) is 3.07. The van der Waals surface area contributed by atoms with Crippen molar-refractivity contribution in [1.82, 2.24) is 5.32 Å². The van der Waals surface area contributed by atoms with Gasteiger partial charge in [-0.2, -0.15) is 13.2 Å². The number of benzene rings is 1. The molecule has 0 saturated heterocycles. The van der Waals surface area contributed by atoms with Crippen molar-refractivity contribution >= 4 is 17.0 Å². The van der Waals surface area contributed by atoms with Crippen LogP contribution in [0.1, 0.15) is 10.4 Å². The topological polar surface area (TPSA) is 66.4 Å². The Bertz CT molecular complexity index is 447. The van der Waals surface area contributed by atoms with Gasteiger partial charge in [-0.15, -0.1) is 0 Å². The molecule has 0 aliphatic rings. The van der Waals surface area contributed by atoms with E-state index in [1.54, 1.807) is 5.32 Å². The molecule has 0 aromatic heterocycles. The number of hydrogen-bond acceptors (Lipinski definition) is 2. The van der Waals surface area contributed by atoms with Gasteiger partial charge in [-0.05, 0) is 18.2 Å². The fourth-order valence-corrected chi connectivity index (χ4v) is 1.45. The van der Waals surface area contributed by atoms with E-state index in [-0.39, 0.29) is 10.5 Å². The highest BCUT2D eigenvalue weighted by atomic mass is 32.2. The summed E-state index contributed by atoms with van der Waals surface area (Å²) in [6.45, 7) is -1.45. The Hall–Kier alpha value is -1.41. The molecule has 2 N–H and O–H groups in total. The smallest absolute Gasteiger partial charge is 0.343 e. The van der Waals surface area contributed by atoms with Gasteiger partial charge in [-0.1, -0.05) is 6.07 Å². The Morgan fingerprint density at radius 2 is 2.06 bits per heavy atom. The number of carbonyl (C=O) groups excluding carboxylic acids is 1. The zero-order chi connectivity index (χ0) is 13.1. The van der Waals surface area contributed by atoms with Gasteiger partial charge in [0.15, 0.2) is 11.1 Å². The third kappa shape index (κ3) is 4.53. The lowest BCUT2D eigenvalue weighted by Gasteiger charge is -2.08. The third-order valence-corrected chi connectivity index (χ3v) is 2.40. The minimum absolute atomic E-state index is 0.0512. The lowest BCUT2D eigenvalue weighted by Crippen LogP contribution is -2.33. The summed E-state index contributed by atoms with van der Waals surface area (Å²) in [7, 11) is 0. The summed E-state index contributed by atoms with van der Waals surface area (Å²) in [5.74, 6) is -0.949. The maximum absolute atomic E-state index is 11.8. The Morgan fingerprint density at radius 3 is 2.59 bits per heavy atom. The van der Waals surface area contributed by atoms with E-state index in [0.29, 0.717) is 0 Å². The highest BCUT2D eigenvalue weighted by Gasteiger charge is 2.27. The van der Waals surface area contributed by atoms with Gasteiger partial charge in [0.1, 0.15) is 6.54 Å². The molecule has 1 unspecified atom stereocenters. The van der Waals surface area contributed by atoms with Gasteiger partial charge in [0.25, 0.3) is 5.91 Å². The van der Waals surface area contributed by atoms with E-state index in [1.807, 2.05) is 0 Å². The van der Waals surface area contributed by atoms with Gasteiger partial charge in [0.2, 0.25) is 0 Å². The first-order valence-electron chi connectivity index (χ1n) is 4.35. The first-order valence-corrected chi connectivity index (χ1v) is 5.46. The summed E-state index contributed by atoms with van der Waals surface area (Å²) < 4.78 is 54.9. The standard InChI is InChI=1S/C9H8F3NO3S/c10-9(11,12)5-13-8(14)6-2-1-3-7(4-6)17(15)16/h1-4H,5H2,(H,13,14)(H,15,16). The van der Waals surface area contributed by atoms with Crippen molar-refractivity contribution in [3.63, 3.8) is 0 Å². The minimum Gasteiger partial charge on any atom is -0.343 e. The van der Waals surface area contributed by atoms with Gasteiger partial charge in [0, 0.05) is 5.56 Å². The van der Waals surface area contributed by atoms with Crippen LogP contribution in [0.2, 0.25) is 0 Å². The van der Waals surface area contributed by atoms with Crippen molar-refractivity contribution in [2.24, 2.45) is 0 Å². The van der Waals surface area contributed by atoms with Crippen molar-refractivity contribution < 1.29 is 26.7 Å². The summed E-state index contributed by atoms with van der Waals surface area (Å²) in [5.41, 5.74) is -0.103. The van der Waals surface area contributed by atoms with E-state index < -0.39 is 29.7 Å². The van der Waals surface area contributed by atoms with Gasteiger partial charge >= 0.3 is 6.18 Å². The monoisotopic (exact) mass is 267 g/mol. The SMILES string of the molecule is O=C(NCC(F)(F)F)c1cccc(S(=O)O)c1. The van der Waals surface area contributed by atoms with Crippen LogP contribution in [0.5, 0.6) is 0 Å². The predicted octanol–water partition coefficient (Wildman–Crippen LogP) is 1.56. The minimum atomic E-state index is -4.49. The number of alkyl halides is 3. The molecule has 0 aliphatic heterocycles. The van der Waals surface area contributed by atoms with Crippen LogP contribution in [-0.4, -0.2) is 27.4 Å². The predicted molar refractivity (Wildman–Crippen MR) is 53.9 cm³/mol. The zero-order valence-electron chi connectivity index (χ0n) is 8.32. The Morgan fingerprint density at radius 1 is 1.41 bits per heavy atom. The number of rotatable bonds is 3. The molecule has 0 bridgehead atoms. The molecule has 0 spiro atoms. The summed E-state index contributed by atoms with van der Waals surface area (Å²) in [5, 5.41) is 1.66. The van der Waals surface area contributed by atoms with E-state index in [4.69, 9.17) is 4.55 Å². The number of carbonyl (C=O) groups is 1. The lowest BCUT2D eigenvalue weighted by molar-refractivity contribution is -0.123. The van der Waals surface area contributed by atoms with Crippen LogP contribution in [0, 0.1) is 0 Å². The molecule has 8 heteroatoms. The maximum Gasteiger partial charge on any atom is 0.405 e. The zero-order valence-corrected chi connectivity index (χ0v) is 9.14. The lowest BCUT2D eigenvalue weighted by atomic mass is 10.2. The summed E-state index contributed by atoms with van der Waals surface area (Å²) in [6.07, 6.45) is -4.49. The van der Waals surface area contributed by atoms with Crippen molar-refractivity contribution in [1.29, 1.82) is 0 Å². The second-order valence-corrected chi connectivity index (χ2v) is 4.04. The van der Waals surface area contributed by atoms with Gasteiger partial charge in [0.05, 0.1) is 4.90 Å². The highest BCUT2D eigenvalue weighted by molar-refractivity contribution is 7.79. The number of halogens is 3. The first kappa shape index (κ1) is 13.7. The van der Waals surface area contributed by atoms with Crippen molar-refractivity contribution in [3.05, 3.63) is 29.8 Å². The number of nitrogens with one attached hydrogen (secondary N) is 1. The quantitative estimate of drug-likeness (QED) is 0.817. The molecule has 0 radical (unpaired) electrons. The Labute approximate surface area is 97.1 Å². The van der Waals surface area contributed by atoms with E-state index in [2.05, 4.69) is 0 Å². The molecule has 17 heavy (non-hydrogen) atoms. The van der Waals surface area contributed by atoms with Crippen LogP contribution >= 0.6 is 0 Å². The molecule has 1 amide bonds. The van der Waals surface area contributed by atoms with Crippen molar-refractivity contribution in [2.75, 3.05) is 6.54 Å². The third-order valence-electron chi connectivity index (χ3n) is 1.75. The van der Waals surface area contributed by atoms with Crippen LogP contribution in [0.15, 0.2) is 29.2 Å². The molecular weight excluding hydrogens is 259 g/mol. The Balaban J connectivity index is 2.76. The highest BCUT2D eigenvalue weighted by Crippen LogP contribution is 2.13. The molecule has 1 rings (SSSR count). The summed E-state index contributed by atoms with van der Waals surface area (Å²) >= 11 is -2.28. The van der Waals surface area contributed by atoms with Crippen LogP contribution in [0.3, 0.4) is 0 Å². The fourth-order valence-electron chi connectivity index (χ4n) is 1.03. The van der Waals surface area contributed by atoms with Gasteiger partial charge in [-0.25, -0.2) is 4.21 Å². The van der Waals surface area contributed by atoms with Crippen LogP contribution in [0.4, 0.5) is 13.2 Å². The average Bonchev–Trinajstić information content (AvgIpc) is 2.25. The maximum atomic E-state index is 11.8. The van der Waals surface area contributed by atoms with Gasteiger partial charge < -0.3 is 9.87 Å². The fraction of sp³-hybridized carbons (Fsp3) is 0.222. The average molecular weight is 267 g/mol. The molecule has 4 nitrogen and oxygen atoms in total. The van der Waals surface area contributed by atoms with E-state index >= 15 is 0 Å². The molecule has 0 fully saturated rings. The van der Waals surface area contributed by atoms with E-state index in [9.17, 15) is 22.2 Å². The Kier molecular flexibility index (Phi) is 4.24. The first-order chi connectivity index (χ1) is 7.79. The molecule has 94 valence electrons. The molecule has 1 aromatic carbocycles. The van der Waals surface area contributed by atoms with Crippen LogP contribution in [-0.2, 0) is 11.1 Å². The normalized spacial score (nSPS) is 13.2. The number of amides is 1. The molecule has 1 atom stereocenters. The molecule has 0 heterocycles. The second kappa shape index (κ2) is 5.28. The largest absolute Gasteiger partial charge is 0.405 e. The van der Waals surface area contributed by atoms with Crippen LogP contribution in [0.25, 0.3) is 0 Å². The van der Waals surface area contributed by atoms with Crippen LogP contribution < -0.4 is 5.32 Å². The van der Waals surface area contributed by atoms with Crippen molar-refractivity contribution in [3.8, 4) is 0 Å². The van der Waals surface area contributed by atoms with Gasteiger partial charge in [-0.3, -0.25) is 4.79 Å². The summed E-state index contributed by atoms with van der Waals surface area (Å²) in [6, 6.07) is 4.91. The molecular formula is C9H8F3NO3S. The molecule has 0 saturated carbocycles. The van der Waals surface area contributed by atoms with E-state index in [1.165, 1.54) is 18.2 Å². The molecule has 1 aromatic rings. The van der Waals surface area contributed by atoms with E-state index in [0.717, 1.165) is 6.07 Å².